The molecule has 0 aliphatic rings. The van der Waals surface area contributed by atoms with Crippen molar-refractivity contribution in [2.75, 3.05) is 6.61 Å². The first-order chi connectivity index (χ1) is 9.78. The van der Waals surface area contributed by atoms with Gasteiger partial charge in [0.15, 0.2) is 0 Å². The molecule has 0 rings (SSSR count). The number of carbonyl (C=O) groups is 1. The van der Waals surface area contributed by atoms with Gasteiger partial charge in [-0.05, 0) is 38.0 Å². The fraction of sp³-hybridized carbons (Fsp3) is 0.842. The van der Waals surface area contributed by atoms with Gasteiger partial charge < -0.3 is 4.74 Å². The molecule has 0 heterocycles. The maximum atomic E-state index is 12.7. The summed E-state index contributed by atoms with van der Waals surface area (Å²) in [6.45, 7) is 15.3. The predicted octanol–water partition coefficient (Wildman–Crippen LogP) is 5.76. The molecule has 2 atom stereocenters. The van der Waals surface area contributed by atoms with Gasteiger partial charge in [0.25, 0.3) is 0 Å². The van der Waals surface area contributed by atoms with Crippen LogP contribution in [0.15, 0.2) is 12.2 Å². The zero-order valence-corrected chi connectivity index (χ0v) is 15.3. The lowest BCUT2D eigenvalue weighted by molar-refractivity contribution is -0.160. The lowest BCUT2D eigenvalue weighted by Crippen LogP contribution is -2.42. The first-order valence-corrected chi connectivity index (χ1v) is 8.60. The molecule has 0 aromatic rings. The van der Waals surface area contributed by atoms with Crippen molar-refractivity contribution in [2.45, 2.75) is 80.6 Å². The van der Waals surface area contributed by atoms with E-state index in [0.29, 0.717) is 12.5 Å². The Morgan fingerprint density at radius 3 is 2.24 bits per heavy atom. The van der Waals surface area contributed by atoms with Crippen molar-refractivity contribution in [3.8, 4) is 0 Å². The van der Waals surface area contributed by atoms with Crippen molar-refractivity contribution < 1.29 is 9.53 Å². The van der Waals surface area contributed by atoms with Gasteiger partial charge in [0.2, 0.25) is 0 Å². The molecule has 0 N–H and O–H groups in total. The molecule has 0 aliphatic carbocycles. The van der Waals surface area contributed by atoms with Crippen LogP contribution < -0.4 is 0 Å². The second kappa shape index (κ2) is 9.27. The number of esters is 1. The lowest BCUT2D eigenvalue weighted by atomic mass is 9.65. The van der Waals surface area contributed by atoms with Crippen LogP contribution in [0.4, 0.5) is 0 Å². The predicted molar refractivity (Wildman–Crippen MR) is 91.3 cm³/mol. The Hall–Kier alpha value is -0.790. The highest BCUT2D eigenvalue weighted by Crippen LogP contribution is 2.44. The molecule has 0 saturated carbocycles. The molecule has 124 valence electrons. The fourth-order valence-corrected chi connectivity index (χ4v) is 2.51. The minimum absolute atomic E-state index is 0.0811. The third-order valence-corrected chi connectivity index (χ3v) is 5.21. The summed E-state index contributed by atoms with van der Waals surface area (Å²) in [6, 6.07) is 0. The van der Waals surface area contributed by atoms with E-state index in [0.717, 1.165) is 19.3 Å². The van der Waals surface area contributed by atoms with Gasteiger partial charge in [-0.2, -0.15) is 0 Å². The van der Waals surface area contributed by atoms with Crippen LogP contribution >= 0.6 is 0 Å². The van der Waals surface area contributed by atoms with Gasteiger partial charge in [-0.1, -0.05) is 66.0 Å². The summed E-state index contributed by atoms with van der Waals surface area (Å²) < 4.78 is 5.71. The summed E-state index contributed by atoms with van der Waals surface area (Å²) in [5.74, 6) is 0.413. The van der Waals surface area contributed by atoms with Gasteiger partial charge in [-0.15, -0.1) is 0 Å². The van der Waals surface area contributed by atoms with Crippen LogP contribution in [0.5, 0.6) is 0 Å². The molecule has 0 amide bonds. The smallest absolute Gasteiger partial charge is 0.316 e. The maximum absolute atomic E-state index is 12.7. The molecule has 2 unspecified atom stereocenters. The van der Waals surface area contributed by atoms with E-state index in [9.17, 15) is 4.79 Å². The standard InChI is InChI=1S/C19H36O2/c1-8-12-13-16(10-3)15-21-17(20)19(7,14-9-2)18(5,6)11-4/h9,14,16H,8,10-13,15H2,1-7H3/b14-9-. The summed E-state index contributed by atoms with van der Waals surface area (Å²) in [7, 11) is 0. The number of ether oxygens (including phenoxy) is 1. The zero-order chi connectivity index (χ0) is 16.5. The van der Waals surface area contributed by atoms with Crippen molar-refractivity contribution in [1.29, 1.82) is 0 Å². The van der Waals surface area contributed by atoms with Gasteiger partial charge in [0, 0.05) is 0 Å². The summed E-state index contributed by atoms with van der Waals surface area (Å²) in [5, 5.41) is 0. The van der Waals surface area contributed by atoms with E-state index in [2.05, 4.69) is 34.6 Å². The number of rotatable bonds is 10. The Kier molecular flexibility index (Phi) is 8.92. The molecule has 0 aliphatic heterocycles. The third kappa shape index (κ3) is 5.48. The number of carbonyl (C=O) groups excluding carboxylic acids is 1. The first-order valence-electron chi connectivity index (χ1n) is 8.60. The van der Waals surface area contributed by atoms with Crippen LogP contribution in [0.3, 0.4) is 0 Å². The number of allylic oxidation sites excluding steroid dienone is 1. The number of hydrogen-bond donors (Lipinski definition) is 0. The van der Waals surface area contributed by atoms with Gasteiger partial charge >= 0.3 is 5.97 Å². The molecular formula is C19H36O2. The van der Waals surface area contributed by atoms with Crippen molar-refractivity contribution in [3.63, 3.8) is 0 Å². The van der Waals surface area contributed by atoms with E-state index in [-0.39, 0.29) is 11.4 Å². The molecule has 0 bridgehead atoms. The molecule has 0 radical (unpaired) electrons. The highest BCUT2D eigenvalue weighted by atomic mass is 16.5. The van der Waals surface area contributed by atoms with Crippen LogP contribution in [0.1, 0.15) is 80.6 Å². The summed E-state index contributed by atoms with van der Waals surface area (Å²) in [4.78, 5) is 12.7. The molecule has 0 fully saturated rings. The SMILES string of the molecule is C/C=C\C(C)(C(=O)OCC(CC)CCCC)C(C)(C)CC. The Morgan fingerprint density at radius 2 is 1.81 bits per heavy atom. The van der Waals surface area contributed by atoms with Gasteiger partial charge in [-0.25, -0.2) is 0 Å². The monoisotopic (exact) mass is 296 g/mol. The highest BCUT2D eigenvalue weighted by molar-refractivity contribution is 5.79. The van der Waals surface area contributed by atoms with Gasteiger partial charge in [0.1, 0.15) is 0 Å². The van der Waals surface area contributed by atoms with E-state index in [1.54, 1.807) is 0 Å². The molecule has 2 nitrogen and oxygen atoms in total. The second-order valence-electron chi connectivity index (χ2n) is 6.95. The molecule has 2 heteroatoms. The molecule has 0 spiro atoms. The quantitative estimate of drug-likeness (QED) is 0.378. The van der Waals surface area contributed by atoms with E-state index in [1.807, 2.05) is 26.0 Å². The van der Waals surface area contributed by atoms with Crippen molar-refractivity contribution >= 4 is 5.97 Å². The molecular weight excluding hydrogens is 260 g/mol. The Balaban J connectivity index is 4.85. The fourth-order valence-electron chi connectivity index (χ4n) is 2.51. The Morgan fingerprint density at radius 1 is 1.19 bits per heavy atom. The summed E-state index contributed by atoms with van der Waals surface area (Å²) in [5.41, 5.74) is -0.665. The minimum Gasteiger partial charge on any atom is -0.465 e. The Labute approximate surface area is 132 Å². The Bertz CT molecular complexity index is 330. The van der Waals surface area contributed by atoms with Crippen LogP contribution in [0.2, 0.25) is 0 Å². The molecule has 0 aromatic heterocycles. The topological polar surface area (TPSA) is 26.3 Å². The normalized spacial score (nSPS) is 16.7. The highest BCUT2D eigenvalue weighted by Gasteiger charge is 2.45. The van der Waals surface area contributed by atoms with Crippen molar-refractivity contribution in [2.24, 2.45) is 16.7 Å². The second-order valence-corrected chi connectivity index (χ2v) is 6.95. The zero-order valence-electron chi connectivity index (χ0n) is 15.3. The van der Waals surface area contributed by atoms with Crippen molar-refractivity contribution in [3.05, 3.63) is 12.2 Å². The van der Waals surface area contributed by atoms with E-state index in [4.69, 9.17) is 4.74 Å². The van der Waals surface area contributed by atoms with E-state index >= 15 is 0 Å². The van der Waals surface area contributed by atoms with E-state index < -0.39 is 5.41 Å². The average Bonchev–Trinajstić information content (AvgIpc) is 2.47. The van der Waals surface area contributed by atoms with E-state index in [1.165, 1.54) is 12.8 Å². The van der Waals surface area contributed by atoms with Crippen LogP contribution in [-0.2, 0) is 9.53 Å². The summed E-state index contributed by atoms with van der Waals surface area (Å²) >= 11 is 0. The average molecular weight is 296 g/mol. The van der Waals surface area contributed by atoms with Crippen LogP contribution in [0, 0.1) is 16.7 Å². The first kappa shape index (κ1) is 20.2. The van der Waals surface area contributed by atoms with Gasteiger partial charge in [-0.3, -0.25) is 4.79 Å². The lowest BCUT2D eigenvalue weighted by Gasteiger charge is -2.39. The molecule has 0 saturated heterocycles. The number of unbranched alkanes of at least 4 members (excludes halogenated alkanes) is 1. The summed E-state index contributed by atoms with van der Waals surface area (Å²) in [6.07, 6.45) is 9.55. The van der Waals surface area contributed by atoms with Gasteiger partial charge in [0.05, 0.1) is 12.0 Å². The third-order valence-electron chi connectivity index (χ3n) is 5.21. The molecule has 0 aromatic carbocycles. The van der Waals surface area contributed by atoms with Crippen LogP contribution in [0.25, 0.3) is 0 Å². The number of hydrogen-bond acceptors (Lipinski definition) is 2. The molecule has 21 heavy (non-hydrogen) atoms. The van der Waals surface area contributed by atoms with Crippen molar-refractivity contribution in [1.82, 2.24) is 0 Å². The maximum Gasteiger partial charge on any atom is 0.316 e. The van der Waals surface area contributed by atoms with Crippen LogP contribution in [-0.4, -0.2) is 12.6 Å². The minimum atomic E-state index is -0.556. The largest absolute Gasteiger partial charge is 0.465 e.